The molecule has 1 aliphatic heterocycles. The van der Waals surface area contributed by atoms with Crippen molar-refractivity contribution in [3.63, 3.8) is 0 Å². The summed E-state index contributed by atoms with van der Waals surface area (Å²) in [7, 11) is 3.22. The van der Waals surface area contributed by atoms with Gasteiger partial charge >= 0.3 is 0 Å². The van der Waals surface area contributed by atoms with Gasteiger partial charge in [-0.2, -0.15) is 0 Å². The largest absolute Gasteiger partial charge is 0.497 e. The van der Waals surface area contributed by atoms with Crippen molar-refractivity contribution in [3.8, 4) is 11.5 Å². The van der Waals surface area contributed by atoms with Crippen molar-refractivity contribution < 1.29 is 14.3 Å². The Hall–Kier alpha value is -3.21. The monoisotopic (exact) mass is 376 g/mol. The summed E-state index contributed by atoms with van der Waals surface area (Å²) in [6.07, 6.45) is 4.29. The van der Waals surface area contributed by atoms with E-state index in [-0.39, 0.29) is 11.9 Å². The average molecular weight is 376 g/mol. The number of ether oxygens (including phenoxy) is 2. The van der Waals surface area contributed by atoms with Gasteiger partial charge in [-0.3, -0.25) is 4.79 Å². The molecule has 0 aliphatic carbocycles. The van der Waals surface area contributed by atoms with Crippen molar-refractivity contribution in [2.75, 3.05) is 20.8 Å². The highest BCUT2D eigenvalue weighted by molar-refractivity contribution is 5.93. The third kappa shape index (κ3) is 3.24. The van der Waals surface area contributed by atoms with Crippen molar-refractivity contribution in [2.24, 2.45) is 0 Å². The number of hydrogen-bond acceptors (Lipinski definition) is 3. The molecule has 1 aromatic heterocycles. The second-order valence-corrected chi connectivity index (χ2v) is 7.00. The minimum absolute atomic E-state index is 0.00130. The normalized spacial score (nSPS) is 16.4. The summed E-state index contributed by atoms with van der Waals surface area (Å²) in [4.78, 5) is 18.3. The lowest BCUT2D eigenvalue weighted by atomic mass is 9.98. The van der Waals surface area contributed by atoms with E-state index in [1.165, 1.54) is 10.9 Å². The average Bonchev–Trinajstić information content (AvgIpc) is 3.11. The molecule has 5 heteroatoms. The maximum Gasteiger partial charge on any atom is 0.247 e. The number of amides is 1. The van der Waals surface area contributed by atoms with E-state index >= 15 is 0 Å². The number of hydrogen-bond donors (Lipinski definition) is 1. The zero-order chi connectivity index (χ0) is 19.7. The van der Waals surface area contributed by atoms with Gasteiger partial charge in [0.2, 0.25) is 5.91 Å². The van der Waals surface area contributed by atoms with Crippen molar-refractivity contribution >= 4 is 22.9 Å². The molecule has 28 heavy (non-hydrogen) atoms. The Labute approximate surface area is 164 Å². The first-order valence-electron chi connectivity index (χ1n) is 9.42. The third-order valence-electron chi connectivity index (χ3n) is 5.41. The lowest BCUT2D eigenvalue weighted by Crippen LogP contribution is -2.37. The Balaban J connectivity index is 1.57. The minimum Gasteiger partial charge on any atom is -0.497 e. The molecule has 1 N–H and O–H groups in total. The SMILES string of the molecule is COc1cc(/C=C/C(=O)N2CCc3c([nH]c4ccccc34)[C@@H]2C)cc(OC)c1. The molecule has 144 valence electrons. The first kappa shape index (κ1) is 18.2. The number of nitrogens with zero attached hydrogens (tertiary/aromatic N) is 1. The Morgan fingerprint density at radius 1 is 1.14 bits per heavy atom. The predicted octanol–water partition coefficient (Wildman–Crippen LogP) is 4.34. The fraction of sp³-hybridized carbons (Fsp3) is 0.261. The van der Waals surface area contributed by atoms with Crippen LogP contribution >= 0.6 is 0 Å². The van der Waals surface area contributed by atoms with Gasteiger partial charge in [0.15, 0.2) is 0 Å². The summed E-state index contributed by atoms with van der Waals surface area (Å²) in [5, 5.41) is 1.26. The lowest BCUT2D eigenvalue weighted by molar-refractivity contribution is -0.128. The molecule has 0 spiro atoms. The van der Waals surface area contributed by atoms with E-state index in [0.717, 1.165) is 23.2 Å². The number of methoxy groups -OCH3 is 2. The highest BCUT2D eigenvalue weighted by Gasteiger charge is 2.29. The van der Waals surface area contributed by atoms with Crippen LogP contribution in [0.2, 0.25) is 0 Å². The first-order chi connectivity index (χ1) is 13.6. The molecule has 0 saturated carbocycles. The van der Waals surface area contributed by atoms with Gasteiger partial charge in [-0.05, 0) is 48.7 Å². The van der Waals surface area contributed by atoms with Gasteiger partial charge in [0.25, 0.3) is 0 Å². The number of aromatic nitrogens is 1. The van der Waals surface area contributed by atoms with Crippen LogP contribution in [-0.4, -0.2) is 36.6 Å². The highest BCUT2D eigenvalue weighted by atomic mass is 16.5. The van der Waals surface area contributed by atoms with Gasteiger partial charge in [-0.1, -0.05) is 18.2 Å². The molecule has 0 fully saturated rings. The van der Waals surface area contributed by atoms with E-state index in [9.17, 15) is 4.79 Å². The molecular formula is C23H24N2O3. The summed E-state index contributed by atoms with van der Waals surface area (Å²) >= 11 is 0. The minimum atomic E-state index is -0.00130. The standard InChI is InChI=1S/C23H24N2O3/c1-15-23-20(19-6-4-5-7-21(19)24-23)10-11-25(15)22(26)9-8-16-12-17(27-2)14-18(13-16)28-3/h4-9,12-15,24H,10-11H2,1-3H3/b9-8+/t15-/m0/s1. The fourth-order valence-electron chi connectivity index (χ4n) is 3.92. The van der Waals surface area contributed by atoms with E-state index in [1.807, 2.05) is 29.2 Å². The molecule has 1 atom stereocenters. The van der Waals surface area contributed by atoms with Crippen LogP contribution in [0.3, 0.4) is 0 Å². The van der Waals surface area contributed by atoms with E-state index in [4.69, 9.17) is 9.47 Å². The number of rotatable bonds is 4. The second kappa shape index (κ2) is 7.43. The maximum absolute atomic E-state index is 12.9. The van der Waals surface area contributed by atoms with Crippen LogP contribution in [0.15, 0.2) is 48.5 Å². The van der Waals surface area contributed by atoms with E-state index in [2.05, 4.69) is 30.1 Å². The molecule has 4 rings (SSSR count). The van der Waals surface area contributed by atoms with Crippen LogP contribution in [0.4, 0.5) is 0 Å². The molecule has 0 saturated heterocycles. The van der Waals surface area contributed by atoms with Crippen molar-refractivity contribution in [2.45, 2.75) is 19.4 Å². The Morgan fingerprint density at radius 2 is 1.86 bits per heavy atom. The van der Waals surface area contributed by atoms with Crippen LogP contribution in [0, 0.1) is 0 Å². The zero-order valence-corrected chi connectivity index (χ0v) is 16.4. The Bertz CT molecular complexity index is 1030. The van der Waals surface area contributed by atoms with Gasteiger partial charge in [-0.25, -0.2) is 0 Å². The molecule has 2 heterocycles. The van der Waals surface area contributed by atoms with Crippen LogP contribution in [0.25, 0.3) is 17.0 Å². The Kier molecular flexibility index (Phi) is 4.82. The van der Waals surface area contributed by atoms with Crippen molar-refractivity contribution in [3.05, 3.63) is 65.4 Å². The second-order valence-electron chi connectivity index (χ2n) is 7.00. The number of aromatic amines is 1. The van der Waals surface area contributed by atoms with Gasteiger partial charge in [0.05, 0.1) is 20.3 Å². The van der Waals surface area contributed by atoms with Gasteiger partial charge in [0.1, 0.15) is 11.5 Å². The molecular weight excluding hydrogens is 352 g/mol. The van der Waals surface area contributed by atoms with Gasteiger partial charge in [0, 0.05) is 35.3 Å². The van der Waals surface area contributed by atoms with Gasteiger partial charge in [-0.15, -0.1) is 0 Å². The van der Waals surface area contributed by atoms with Crippen LogP contribution in [-0.2, 0) is 11.2 Å². The molecule has 0 bridgehead atoms. The molecule has 2 aromatic carbocycles. The lowest BCUT2D eigenvalue weighted by Gasteiger charge is -2.32. The van der Waals surface area contributed by atoms with Crippen LogP contribution in [0.5, 0.6) is 11.5 Å². The molecule has 5 nitrogen and oxygen atoms in total. The summed E-state index contributed by atoms with van der Waals surface area (Å²) in [6.45, 7) is 2.79. The molecule has 3 aromatic rings. The summed E-state index contributed by atoms with van der Waals surface area (Å²) in [5.41, 5.74) is 4.46. The number of H-pyrrole nitrogens is 1. The van der Waals surface area contributed by atoms with Crippen LogP contribution in [0.1, 0.15) is 29.8 Å². The molecule has 1 aliphatic rings. The topological polar surface area (TPSA) is 54.6 Å². The highest BCUT2D eigenvalue weighted by Crippen LogP contribution is 2.34. The summed E-state index contributed by atoms with van der Waals surface area (Å²) in [6, 6.07) is 13.9. The summed E-state index contributed by atoms with van der Waals surface area (Å²) < 4.78 is 10.6. The number of benzene rings is 2. The molecule has 0 unspecified atom stereocenters. The quantitative estimate of drug-likeness (QED) is 0.689. The number of carbonyl (C=O) groups excluding carboxylic acids is 1. The van der Waals surface area contributed by atoms with E-state index < -0.39 is 0 Å². The number of para-hydroxylation sites is 1. The number of nitrogens with one attached hydrogen (secondary N) is 1. The zero-order valence-electron chi connectivity index (χ0n) is 16.4. The van der Waals surface area contributed by atoms with E-state index in [1.54, 1.807) is 26.4 Å². The first-order valence-corrected chi connectivity index (χ1v) is 9.42. The number of carbonyl (C=O) groups is 1. The van der Waals surface area contributed by atoms with Gasteiger partial charge < -0.3 is 19.4 Å². The molecule has 1 amide bonds. The van der Waals surface area contributed by atoms with Crippen molar-refractivity contribution in [1.82, 2.24) is 9.88 Å². The maximum atomic E-state index is 12.9. The smallest absolute Gasteiger partial charge is 0.247 e. The Morgan fingerprint density at radius 3 is 2.57 bits per heavy atom. The van der Waals surface area contributed by atoms with E-state index in [0.29, 0.717) is 18.0 Å². The number of fused-ring (bicyclic) bond motifs is 3. The third-order valence-corrected chi connectivity index (χ3v) is 5.41. The predicted molar refractivity (Wildman–Crippen MR) is 111 cm³/mol. The fourth-order valence-corrected chi connectivity index (χ4v) is 3.92. The summed E-state index contributed by atoms with van der Waals surface area (Å²) in [5.74, 6) is 1.39. The molecule has 0 radical (unpaired) electrons. The van der Waals surface area contributed by atoms with Crippen LogP contribution < -0.4 is 9.47 Å². The van der Waals surface area contributed by atoms with Crippen molar-refractivity contribution in [1.29, 1.82) is 0 Å².